The number of hydrogen-bond donors (Lipinski definition) is 1. The standard InChI is InChI=1S/C16H30N2O2/c1-4-17-16(15(19)20-5-2)10-9-14(12-16)18-11-7-6-8-13(18)3/h13-14,17H,4-12H2,1-3H3. The Bertz CT molecular complexity index is 334. The van der Waals surface area contributed by atoms with Crippen molar-refractivity contribution in [3.05, 3.63) is 0 Å². The molecule has 2 rings (SSSR count). The summed E-state index contributed by atoms with van der Waals surface area (Å²) in [6, 6.07) is 1.20. The zero-order valence-corrected chi connectivity index (χ0v) is 13.3. The average Bonchev–Trinajstić information content (AvgIpc) is 2.85. The predicted octanol–water partition coefficient (Wildman–Crippen LogP) is 2.32. The number of hydrogen-bond acceptors (Lipinski definition) is 4. The van der Waals surface area contributed by atoms with Crippen LogP contribution in [0.2, 0.25) is 0 Å². The van der Waals surface area contributed by atoms with Crippen molar-refractivity contribution in [2.24, 2.45) is 0 Å². The first-order valence-corrected chi connectivity index (χ1v) is 8.31. The molecular formula is C16H30N2O2. The summed E-state index contributed by atoms with van der Waals surface area (Å²) in [5, 5.41) is 3.43. The van der Waals surface area contributed by atoms with Crippen LogP contribution in [0, 0.1) is 0 Å². The van der Waals surface area contributed by atoms with Crippen LogP contribution < -0.4 is 5.32 Å². The first-order valence-electron chi connectivity index (χ1n) is 8.31. The fraction of sp³-hybridized carbons (Fsp3) is 0.938. The van der Waals surface area contributed by atoms with Crippen LogP contribution in [0.25, 0.3) is 0 Å². The zero-order valence-electron chi connectivity index (χ0n) is 13.3. The Kier molecular flexibility index (Phi) is 5.44. The maximum absolute atomic E-state index is 12.4. The topological polar surface area (TPSA) is 41.6 Å². The Morgan fingerprint density at radius 2 is 2.15 bits per heavy atom. The molecular weight excluding hydrogens is 252 g/mol. The van der Waals surface area contributed by atoms with E-state index in [-0.39, 0.29) is 5.97 Å². The van der Waals surface area contributed by atoms with Crippen LogP contribution in [-0.4, -0.2) is 48.2 Å². The molecule has 0 amide bonds. The minimum absolute atomic E-state index is 0.0472. The van der Waals surface area contributed by atoms with Gasteiger partial charge in [0, 0.05) is 12.1 Å². The highest BCUT2D eigenvalue weighted by Gasteiger charge is 2.48. The summed E-state index contributed by atoms with van der Waals surface area (Å²) >= 11 is 0. The lowest BCUT2D eigenvalue weighted by Crippen LogP contribution is -2.53. The number of carbonyl (C=O) groups excluding carboxylic acids is 1. The molecule has 4 heteroatoms. The molecule has 20 heavy (non-hydrogen) atoms. The fourth-order valence-corrected chi connectivity index (χ4v) is 3.99. The fourth-order valence-electron chi connectivity index (χ4n) is 3.99. The highest BCUT2D eigenvalue weighted by Crippen LogP contribution is 2.36. The summed E-state index contributed by atoms with van der Waals surface area (Å²) in [5.74, 6) is -0.0472. The van der Waals surface area contributed by atoms with Gasteiger partial charge in [0.15, 0.2) is 0 Å². The molecule has 1 heterocycles. The molecule has 2 aliphatic rings. The van der Waals surface area contributed by atoms with E-state index in [1.165, 1.54) is 25.8 Å². The molecule has 1 aliphatic carbocycles. The van der Waals surface area contributed by atoms with Gasteiger partial charge in [-0.1, -0.05) is 13.3 Å². The van der Waals surface area contributed by atoms with Crippen molar-refractivity contribution in [2.75, 3.05) is 19.7 Å². The van der Waals surface area contributed by atoms with Gasteiger partial charge in [0.25, 0.3) is 0 Å². The van der Waals surface area contributed by atoms with Crippen LogP contribution in [0.1, 0.15) is 59.3 Å². The maximum atomic E-state index is 12.4. The number of likely N-dealkylation sites (tertiary alicyclic amines) is 1. The van der Waals surface area contributed by atoms with E-state index in [1.54, 1.807) is 0 Å². The Morgan fingerprint density at radius 1 is 1.35 bits per heavy atom. The predicted molar refractivity (Wildman–Crippen MR) is 80.7 cm³/mol. The van der Waals surface area contributed by atoms with Crippen molar-refractivity contribution >= 4 is 5.97 Å². The molecule has 1 aliphatic heterocycles. The van der Waals surface area contributed by atoms with Gasteiger partial charge in [-0.3, -0.25) is 9.69 Å². The van der Waals surface area contributed by atoms with Crippen molar-refractivity contribution < 1.29 is 9.53 Å². The molecule has 0 radical (unpaired) electrons. The van der Waals surface area contributed by atoms with Crippen LogP contribution >= 0.6 is 0 Å². The van der Waals surface area contributed by atoms with Crippen molar-refractivity contribution in [1.29, 1.82) is 0 Å². The van der Waals surface area contributed by atoms with Gasteiger partial charge >= 0.3 is 5.97 Å². The van der Waals surface area contributed by atoms with Crippen LogP contribution in [0.3, 0.4) is 0 Å². The van der Waals surface area contributed by atoms with Crippen molar-refractivity contribution in [1.82, 2.24) is 10.2 Å². The molecule has 3 atom stereocenters. The van der Waals surface area contributed by atoms with Crippen LogP contribution in [0.4, 0.5) is 0 Å². The summed E-state index contributed by atoms with van der Waals surface area (Å²) in [7, 11) is 0. The van der Waals surface area contributed by atoms with Gasteiger partial charge in [0.05, 0.1) is 6.61 Å². The molecule has 0 aromatic rings. The lowest BCUT2D eigenvalue weighted by atomic mass is 9.95. The number of piperidine rings is 1. The summed E-state index contributed by atoms with van der Waals surface area (Å²) < 4.78 is 5.32. The van der Waals surface area contributed by atoms with E-state index in [0.717, 1.165) is 25.8 Å². The third kappa shape index (κ3) is 3.17. The van der Waals surface area contributed by atoms with Gasteiger partial charge < -0.3 is 10.1 Å². The second-order valence-corrected chi connectivity index (χ2v) is 6.31. The van der Waals surface area contributed by atoms with Crippen LogP contribution in [-0.2, 0) is 9.53 Å². The van der Waals surface area contributed by atoms with Gasteiger partial charge in [-0.25, -0.2) is 0 Å². The average molecular weight is 282 g/mol. The highest BCUT2D eigenvalue weighted by molar-refractivity contribution is 5.81. The van der Waals surface area contributed by atoms with E-state index in [4.69, 9.17) is 4.74 Å². The molecule has 1 saturated carbocycles. The monoisotopic (exact) mass is 282 g/mol. The summed E-state index contributed by atoms with van der Waals surface area (Å²) in [6.45, 7) is 8.76. The van der Waals surface area contributed by atoms with Crippen LogP contribution in [0.15, 0.2) is 0 Å². The van der Waals surface area contributed by atoms with Crippen molar-refractivity contribution in [3.8, 4) is 0 Å². The zero-order chi connectivity index (χ0) is 14.6. The number of esters is 1. The number of nitrogens with one attached hydrogen (secondary N) is 1. The molecule has 0 aromatic carbocycles. The number of carbonyl (C=O) groups is 1. The number of rotatable bonds is 5. The third-order valence-electron chi connectivity index (χ3n) is 4.99. The van der Waals surface area contributed by atoms with Gasteiger partial charge in [0.1, 0.15) is 5.54 Å². The molecule has 0 spiro atoms. The largest absolute Gasteiger partial charge is 0.465 e. The smallest absolute Gasteiger partial charge is 0.326 e. The van der Waals surface area contributed by atoms with Crippen molar-refractivity contribution in [3.63, 3.8) is 0 Å². The molecule has 2 fully saturated rings. The lowest BCUT2D eigenvalue weighted by Gasteiger charge is -2.39. The Balaban J connectivity index is 2.04. The van der Waals surface area contributed by atoms with E-state index in [9.17, 15) is 4.79 Å². The van der Waals surface area contributed by atoms with Crippen LogP contribution in [0.5, 0.6) is 0 Å². The highest BCUT2D eigenvalue weighted by atomic mass is 16.5. The van der Waals surface area contributed by atoms with E-state index in [2.05, 4.69) is 24.1 Å². The second kappa shape index (κ2) is 6.90. The summed E-state index contributed by atoms with van der Waals surface area (Å²) in [4.78, 5) is 15.0. The molecule has 0 aromatic heterocycles. The second-order valence-electron chi connectivity index (χ2n) is 6.31. The summed E-state index contributed by atoms with van der Waals surface area (Å²) in [5.41, 5.74) is -0.438. The molecule has 0 bridgehead atoms. The van der Waals surface area contributed by atoms with Crippen molar-refractivity contribution in [2.45, 2.75) is 76.9 Å². The molecule has 116 valence electrons. The maximum Gasteiger partial charge on any atom is 0.326 e. The van der Waals surface area contributed by atoms with E-state index in [0.29, 0.717) is 18.7 Å². The van der Waals surface area contributed by atoms with E-state index >= 15 is 0 Å². The molecule has 3 unspecified atom stereocenters. The van der Waals surface area contributed by atoms with E-state index < -0.39 is 5.54 Å². The van der Waals surface area contributed by atoms with Gasteiger partial charge in [-0.05, 0) is 59.0 Å². The summed E-state index contributed by atoms with van der Waals surface area (Å²) in [6.07, 6.45) is 6.87. The quantitative estimate of drug-likeness (QED) is 0.786. The number of ether oxygens (including phenoxy) is 1. The van der Waals surface area contributed by atoms with E-state index in [1.807, 2.05) is 6.92 Å². The Hall–Kier alpha value is -0.610. The first kappa shape index (κ1) is 15.8. The SMILES string of the molecule is CCNC1(C(=O)OCC)CCC(N2CCCCC2C)C1. The Labute approximate surface area is 123 Å². The molecule has 1 saturated heterocycles. The minimum atomic E-state index is -0.438. The third-order valence-corrected chi connectivity index (χ3v) is 4.99. The van der Waals surface area contributed by atoms with Gasteiger partial charge in [0.2, 0.25) is 0 Å². The first-order chi connectivity index (χ1) is 9.63. The molecule has 1 N–H and O–H groups in total. The van der Waals surface area contributed by atoms with Gasteiger partial charge in [-0.15, -0.1) is 0 Å². The normalized spacial score (nSPS) is 35.1. The Morgan fingerprint density at radius 3 is 2.80 bits per heavy atom. The molecule has 4 nitrogen and oxygen atoms in total. The number of nitrogens with zero attached hydrogens (tertiary/aromatic N) is 1. The lowest BCUT2D eigenvalue weighted by molar-refractivity contribution is -0.151. The number of likely N-dealkylation sites (N-methyl/N-ethyl adjacent to an activating group) is 1. The minimum Gasteiger partial charge on any atom is -0.465 e. The van der Waals surface area contributed by atoms with Gasteiger partial charge in [-0.2, -0.15) is 0 Å².